The second kappa shape index (κ2) is 8.61. The second-order valence-corrected chi connectivity index (χ2v) is 7.94. The van der Waals surface area contributed by atoms with Crippen molar-refractivity contribution in [2.75, 3.05) is 0 Å². The number of halogens is 1. The summed E-state index contributed by atoms with van der Waals surface area (Å²) in [6, 6.07) is 23.4. The van der Waals surface area contributed by atoms with E-state index in [0.717, 1.165) is 28.0 Å². The third-order valence-corrected chi connectivity index (χ3v) is 5.05. The zero-order valence-electron chi connectivity index (χ0n) is 15.8. The van der Waals surface area contributed by atoms with Crippen molar-refractivity contribution in [2.45, 2.75) is 13.5 Å². The molecule has 0 aromatic heterocycles. The van der Waals surface area contributed by atoms with Gasteiger partial charge in [0.1, 0.15) is 12.4 Å². The van der Waals surface area contributed by atoms with E-state index in [2.05, 4.69) is 33.6 Å². The number of carbonyl (C=O) groups excluding carboxylic acids is 1. The number of carbonyl (C=O) groups is 1. The summed E-state index contributed by atoms with van der Waals surface area (Å²) in [5.41, 5.74) is 4.12. The summed E-state index contributed by atoms with van der Waals surface area (Å²) in [7, 11) is 0. The molecule has 0 radical (unpaired) electrons. The van der Waals surface area contributed by atoms with E-state index in [0.29, 0.717) is 12.5 Å². The Morgan fingerprint density at radius 1 is 1.03 bits per heavy atom. The van der Waals surface area contributed by atoms with Crippen LogP contribution in [-0.4, -0.2) is 11.9 Å². The lowest BCUT2D eigenvalue weighted by atomic mass is 10.1. The first kappa shape index (κ1) is 19.4. The van der Waals surface area contributed by atoms with Crippen molar-refractivity contribution in [3.05, 3.63) is 104 Å². The fourth-order valence-corrected chi connectivity index (χ4v) is 3.48. The van der Waals surface area contributed by atoms with Crippen LogP contribution < -0.4 is 4.74 Å². The van der Waals surface area contributed by atoms with Gasteiger partial charge >= 0.3 is 5.97 Å². The van der Waals surface area contributed by atoms with Crippen LogP contribution in [0.1, 0.15) is 22.3 Å². The SMILES string of the molecule is Cc1ccc(C2=N/C(=C\c3cccc(OCc4cccc(I)c4)c3)C(=O)O2)cc1. The fraction of sp³-hybridized carbons (Fsp3) is 0.0833. The first-order valence-electron chi connectivity index (χ1n) is 9.14. The Kier molecular flexibility index (Phi) is 5.76. The topological polar surface area (TPSA) is 47.9 Å². The Hall–Kier alpha value is -2.93. The number of benzene rings is 3. The summed E-state index contributed by atoms with van der Waals surface area (Å²) < 4.78 is 12.4. The Bertz CT molecular complexity index is 1120. The standard InChI is InChI=1S/C24H18INO3/c1-16-8-10-19(11-9-16)23-26-22(24(27)29-23)14-17-4-3-7-21(13-17)28-15-18-5-2-6-20(25)12-18/h2-14H,15H2,1H3/b22-14-. The second-order valence-electron chi connectivity index (χ2n) is 6.69. The molecule has 0 amide bonds. The highest BCUT2D eigenvalue weighted by atomic mass is 127. The van der Waals surface area contributed by atoms with E-state index < -0.39 is 5.97 Å². The van der Waals surface area contributed by atoms with E-state index in [1.165, 1.54) is 3.57 Å². The number of hydrogen-bond acceptors (Lipinski definition) is 4. The van der Waals surface area contributed by atoms with Crippen LogP contribution in [0.25, 0.3) is 6.08 Å². The number of cyclic esters (lactones) is 1. The number of aliphatic imine (C=N–C) groups is 1. The molecule has 3 aromatic rings. The van der Waals surface area contributed by atoms with E-state index in [9.17, 15) is 4.79 Å². The van der Waals surface area contributed by atoms with Gasteiger partial charge in [-0.3, -0.25) is 0 Å². The van der Waals surface area contributed by atoms with Crippen LogP contribution in [-0.2, 0) is 16.1 Å². The predicted octanol–water partition coefficient (Wildman–Crippen LogP) is 5.52. The Labute approximate surface area is 183 Å². The van der Waals surface area contributed by atoms with Crippen molar-refractivity contribution in [2.24, 2.45) is 4.99 Å². The number of hydrogen-bond donors (Lipinski definition) is 0. The van der Waals surface area contributed by atoms with E-state index >= 15 is 0 Å². The first-order chi connectivity index (χ1) is 14.1. The Balaban J connectivity index is 1.51. The zero-order chi connectivity index (χ0) is 20.2. The van der Waals surface area contributed by atoms with Crippen LogP contribution in [0.4, 0.5) is 0 Å². The maximum Gasteiger partial charge on any atom is 0.363 e. The molecule has 1 aliphatic heterocycles. The van der Waals surface area contributed by atoms with Crippen LogP contribution >= 0.6 is 22.6 Å². The summed E-state index contributed by atoms with van der Waals surface area (Å²) >= 11 is 2.28. The van der Waals surface area contributed by atoms with Gasteiger partial charge in [-0.25, -0.2) is 9.79 Å². The molecule has 0 N–H and O–H groups in total. The maximum absolute atomic E-state index is 12.2. The van der Waals surface area contributed by atoms with Gasteiger partial charge in [0, 0.05) is 9.13 Å². The van der Waals surface area contributed by atoms with Crippen molar-refractivity contribution in [1.82, 2.24) is 0 Å². The predicted molar refractivity (Wildman–Crippen MR) is 122 cm³/mol. The minimum Gasteiger partial charge on any atom is -0.489 e. The van der Waals surface area contributed by atoms with E-state index in [1.54, 1.807) is 6.08 Å². The highest BCUT2D eigenvalue weighted by molar-refractivity contribution is 14.1. The molecule has 0 saturated carbocycles. The van der Waals surface area contributed by atoms with Crippen molar-refractivity contribution < 1.29 is 14.3 Å². The van der Waals surface area contributed by atoms with Crippen molar-refractivity contribution in [3.63, 3.8) is 0 Å². The summed E-state index contributed by atoms with van der Waals surface area (Å²) in [4.78, 5) is 16.6. The van der Waals surface area contributed by atoms with Gasteiger partial charge in [0.25, 0.3) is 0 Å². The lowest BCUT2D eigenvalue weighted by molar-refractivity contribution is -0.129. The number of rotatable bonds is 5. The molecule has 1 heterocycles. The molecular weight excluding hydrogens is 477 g/mol. The molecule has 0 bridgehead atoms. The largest absolute Gasteiger partial charge is 0.489 e. The van der Waals surface area contributed by atoms with E-state index in [-0.39, 0.29) is 5.70 Å². The van der Waals surface area contributed by atoms with Gasteiger partial charge in [-0.2, -0.15) is 0 Å². The first-order valence-corrected chi connectivity index (χ1v) is 10.2. The van der Waals surface area contributed by atoms with Gasteiger partial charge in [-0.05, 0) is 83.1 Å². The average molecular weight is 495 g/mol. The molecule has 5 heteroatoms. The van der Waals surface area contributed by atoms with Gasteiger partial charge in [0.15, 0.2) is 5.70 Å². The van der Waals surface area contributed by atoms with Gasteiger partial charge in [0.2, 0.25) is 5.90 Å². The zero-order valence-corrected chi connectivity index (χ0v) is 17.9. The third kappa shape index (κ3) is 4.92. The van der Waals surface area contributed by atoms with Crippen LogP contribution in [0.15, 0.2) is 83.5 Å². The van der Waals surface area contributed by atoms with Crippen LogP contribution in [0, 0.1) is 10.5 Å². The van der Waals surface area contributed by atoms with Gasteiger partial charge in [0.05, 0.1) is 0 Å². The molecule has 4 nitrogen and oxygen atoms in total. The molecule has 0 atom stereocenters. The van der Waals surface area contributed by atoms with Crippen LogP contribution in [0.3, 0.4) is 0 Å². The van der Waals surface area contributed by atoms with Gasteiger partial charge in [-0.1, -0.05) is 42.0 Å². The van der Waals surface area contributed by atoms with E-state index in [4.69, 9.17) is 9.47 Å². The Morgan fingerprint density at radius 2 is 1.83 bits per heavy atom. The minimum absolute atomic E-state index is 0.273. The molecule has 4 rings (SSSR count). The molecule has 1 aliphatic rings. The molecule has 29 heavy (non-hydrogen) atoms. The molecule has 0 spiro atoms. The number of esters is 1. The quantitative estimate of drug-likeness (QED) is 0.266. The monoisotopic (exact) mass is 495 g/mol. The maximum atomic E-state index is 12.2. The van der Waals surface area contributed by atoms with Gasteiger partial charge < -0.3 is 9.47 Å². The van der Waals surface area contributed by atoms with E-state index in [1.807, 2.05) is 73.7 Å². The number of nitrogens with zero attached hydrogens (tertiary/aromatic N) is 1. The lowest BCUT2D eigenvalue weighted by Crippen LogP contribution is -2.05. The summed E-state index contributed by atoms with van der Waals surface area (Å²) in [5, 5.41) is 0. The fourth-order valence-electron chi connectivity index (χ4n) is 2.87. The molecule has 0 saturated heterocycles. The molecule has 0 aliphatic carbocycles. The van der Waals surface area contributed by atoms with Gasteiger partial charge in [-0.15, -0.1) is 0 Å². The average Bonchev–Trinajstić information content (AvgIpc) is 3.08. The molecule has 144 valence electrons. The van der Waals surface area contributed by atoms with Crippen LogP contribution in [0.2, 0.25) is 0 Å². The molecular formula is C24H18INO3. The summed E-state index contributed by atoms with van der Waals surface area (Å²) in [6.07, 6.45) is 1.71. The normalized spacial score (nSPS) is 14.6. The highest BCUT2D eigenvalue weighted by Crippen LogP contribution is 2.22. The number of aryl methyl sites for hydroxylation is 1. The molecule has 3 aromatic carbocycles. The smallest absolute Gasteiger partial charge is 0.363 e. The summed E-state index contributed by atoms with van der Waals surface area (Å²) in [6.45, 7) is 2.49. The lowest BCUT2D eigenvalue weighted by Gasteiger charge is -2.07. The third-order valence-electron chi connectivity index (χ3n) is 4.38. The Morgan fingerprint density at radius 3 is 2.62 bits per heavy atom. The van der Waals surface area contributed by atoms with Crippen molar-refractivity contribution in [3.8, 4) is 5.75 Å². The van der Waals surface area contributed by atoms with Crippen LogP contribution in [0.5, 0.6) is 5.75 Å². The summed E-state index contributed by atoms with van der Waals surface area (Å²) in [5.74, 6) is 0.602. The molecule has 0 unspecified atom stereocenters. The number of ether oxygens (including phenoxy) is 2. The highest BCUT2D eigenvalue weighted by Gasteiger charge is 2.24. The van der Waals surface area contributed by atoms with Crippen molar-refractivity contribution >= 4 is 40.5 Å². The molecule has 0 fully saturated rings. The minimum atomic E-state index is -0.453. The van der Waals surface area contributed by atoms with Crippen molar-refractivity contribution in [1.29, 1.82) is 0 Å².